The summed E-state index contributed by atoms with van der Waals surface area (Å²) in [7, 11) is 1.90. The first-order chi connectivity index (χ1) is 7.24. The zero-order chi connectivity index (χ0) is 11.1. The number of aryl methyl sites for hydroxylation is 1. The van der Waals surface area contributed by atoms with Crippen LogP contribution in [-0.2, 0) is 0 Å². The second-order valence-electron chi connectivity index (χ2n) is 3.58. The highest BCUT2D eigenvalue weighted by atomic mass is 35.5. The Morgan fingerprint density at radius 3 is 2.38 bits per heavy atom. The quantitative estimate of drug-likeness (QED) is 0.773. The standard InChI is InChI=1S/C12H18N2O.ClH/c1-10-4-6-11(7-5-10)12(15)14-9-3-8-13-2;/h4-7,13H,3,8-9H2,1-2H3,(H,14,15);1H. The fourth-order valence-electron chi connectivity index (χ4n) is 1.27. The summed E-state index contributed by atoms with van der Waals surface area (Å²) in [6.07, 6.45) is 0.952. The van der Waals surface area contributed by atoms with Crippen LogP contribution in [-0.4, -0.2) is 26.0 Å². The molecule has 0 radical (unpaired) electrons. The van der Waals surface area contributed by atoms with Crippen LogP contribution in [0.5, 0.6) is 0 Å². The fraction of sp³-hybridized carbons (Fsp3) is 0.417. The minimum atomic E-state index is 0. The van der Waals surface area contributed by atoms with Crippen molar-refractivity contribution in [3.63, 3.8) is 0 Å². The number of amides is 1. The molecule has 0 aliphatic rings. The molecule has 4 heteroatoms. The molecule has 0 unspecified atom stereocenters. The molecule has 3 nitrogen and oxygen atoms in total. The summed E-state index contributed by atoms with van der Waals surface area (Å²) in [5.41, 5.74) is 1.90. The molecular formula is C12H19ClN2O. The highest BCUT2D eigenvalue weighted by Crippen LogP contribution is 2.02. The van der Waals surface area contributed by atoms with Crippen LogP contribution in [0, 0.1) is 6.92 Å². The lowest BCUT2D eigenvalue weighted by Gasteiger charge is -2.04. The van der Waals surface area contributed by atoms with Gasteiger partial charge in [-0.15, -0.1) is 12.4 Å². The lowest BCUT2D eigenvalue weighted by molar-refractivity contribution is 0.0953. The summed E-state index contributed by atoms with van der Waals surface area (Å²) in [6, 6.07) is 7.59. The summed E-state index contributed by atoms with van der Waals surface area (Å²) < 4.78 is 0. The van der Waals surface area contributed by atoms with Gasteiger partial charge in [-0.3, -0.25) is 4.79 Å². The molecule has 0 spiro atoms. The minimum absolute atomic E-state index is 0. The Morgan fingerprint density at radius 2 is 1.81 bits per heavy atom. The molecule has 1 aromatic rings. The molecule has 0 saturated heterocycles. The molecule has 0 aromatic heterocycles. The average Bonchev–Trinajstić information content (AvgIpc) is 2.25. The summed E-state index contributed by atoms with van der Waals surface area (Å²) in [6.45, 7) is 3.65. The molecule has 90 valence electrons. The van der Waals surface area contributed by atoms with Gasteiger partial charge in [0.05, 0.1) is 0 Å². The predicted molar refractivity (Wildman–Crippen MR) is 69.3 cm³/mol. The van der Waals surface area contributed by atoms with Gasteiger partial charge in [-0.1, -0.05) is 17.7 Å². The van der Waals surface area contributed by atoms with Crippen LogP contribution in [0.3, 0.4) is 0 Å². The third-order valence-corrected chi connectivity index (χ3v) is 2.20. The van der Waals surface area contributed by atoms with Crippen LogP contribution < -0.4 is 10.6 Å². The minimum Gasteiger partial charge on any atom is -0.352 e. The van der Waals surface area contributed by atoms with Crippen molar-refractivity contribution in [1.29, 1.82) is 0 Å². The average molecular weight is 243 g/mol. The van der Waals surface area contributed by atoms with Crippen molar-refractivity contribution in [3.05, 3.63) is 35.4 Å². The third kappa shape index (κ3) is 5.14. The van der Waals surface area contributed by atoms with Crippen molar-refractivity contribution in [3.8, 4) is 0 Å². The Kier molecular flexibility index (Phi) is 7.60. The Balaban J connectivity index is 0.00000225. The van der Waals surface area contributed by atoms with E-state index < -0.39 is 0 Å². The molecule has 0 heterocycles. The van der Waals surface area contributed by atoms with Gasteiger partial charge in [-0.05, 0) is 39.1 Å². The molecule has 0 aliphatic carbocycles. The van der Waals surface area contributed by atoms with Crippen molar-refractivity contribution in [2.24, 2.45) is 0 Å². The molecule has 0 bridgehead atoms. The number of carbonyl (C=O) groups is 1. The van der Waals surface area contributed by atoms with E-state index in [1.807, 2.05) is 38.2 Å². The van der Waals surface area contributed by atoms with Crippen molar-refractivity contribution in [2.75, 3.05) is 20.1 Å². The first-order valence-corrected chi connectivity index (χ1v) is 5.23. The first-order valence-electron chi connectivity index (χ1n) is 5.23. The third-order valence-electron chi connectivity index (χ3n) is 2.20. The molecule has 1 amide bonds. The largest absolute Gasteiger partial charge is 0.352 e. The van der Waals surface area contributed by atoms with Crippen molar-refractivity contribution in [2.45, 2.75) is 13.3 Å². The van der Waals surface area contributed by atoms with E-state index in [1.54, 1.807) is 0 Å². The Labute approximate surface area is 103 Å². The maximum Gasteiger partial charge on any atom is 0.251 e. The van der Waals surface area contributed by atoms with Gasteiger partial charge < -0.3 is 10.6 Å². The molecule has 2 N–H and O–H groups in total. The van der Waals surface area contributed by atoms with E-state index in [0.717, 1.165) is 18.5 Å². The van der Waals surface area contributed by atoms with Gasteiger partial charge in [0.1, 0.15) is 0 Å². The van der Waals surface area contributed by atoms with E-state index in [2.05, 4.69) is 10.6 Å². The highest BCUT2D eigenvalue weighted by Gasteiger charge is 2.02. The lowest BCUT2D eigenvalue weighted by atomic mass is 10.1. The number of nitrogens with one attached hydrogen (secondary N) is 2. The van der Waals surface area contributed by atoms with E-state index >= 15 is 0 Å². The van der Waals surface area contributed by atoms with Gasteiger partial charge >= 0.3 is 0 Å². The smallest absolute Gasteiger partial charge is 0.251 e. The van der Waals surface area contributed by atoms with Crippen molar-refractivity contribution >= 4 is 18.3 Å². The maximum absolute atomic E-state index is 11.6. The number of benzene rings is 1. The second-order valence-corrected chi connectivity index (χ2v) is 3.58. The van der Waals surface area contributed by atoms with Crippen LogP contribution in [0.4, 0.5) is 0 Å². The summed E-state index contributed by atoms with van der Waals surface area (Å²) >= 11 is 0. The van der Waals surface area contributed by atoms with Gasteiger partial charge in [-0.2, -0.15) is 0 Å². The number of carbonyl (C=O) groups excluding carboxylic acids is 1. The number of rotatable bonds is 5. The maximum atomic E-state index is 11.6. The molecule has 0 fully saturated rings. The molecule has 0 aliphatic heterocycles. The Bertz CT molecular complexity index is 311. The van der Waals surface area contributed by atoms with Gasteiger partial charge in [0.15, 0.2) is 0 Å². The van der Waals surface area contributed by atoms with E-state index in [-0.39, 0.29) is 18.3 Å². The Morgan fingerprint density at radius 1 is 1.19 bits per heavy atom. The zero-order valence-electron chi connectivity index (χ0n) is 9.75. The summed E-state index contributed by atoms with van der Waals surface area (Å²) in [5, 5.41) is 5.91. The van der Waals surface area contributed by atoms with E-state index in [0.29, 0.717) is 6.54 Å². The number of hydrogen-bond donors (Lipinski definition) is 2. The summed E-state index contributed by atoms with van der Waals surface area (Å²) in [5.74, 6) is 0.00565. The number of hydrogen-bond acceptors (Lipinski definition) is 2. The second kappa shape index (κ2) is 8.13. The van der Waals surface area contributed by atoms with Crippen LogP contribution in [0.2, 0.25) is 0 Å². The summed E-state index contributed by atoms with van der Waals surface area (Å²) in [4.78, 5) is 11.6. The molecule has 16 heavy (non-hydrogen) atoms. The van der Waals surface area contributed by atoms with Gasteiger partial charge in [0.2, 0.25) is 0 Å². The lowest BCUT2D eigenvalue weighted by Crippen LogP contribution is -2.26. The SMILES string of the molecule is CNCCCNC(=O)c1ccc(C)cc1.Cl. The van der Waals surface area contributed by atoms with Crippen LogP contribution in [0.25, 0.3) is 0 Å². The first kappa shape index (κ1) is 14.9. The van der Waals surface area contributed by atoms with E-state index in [9.17, 15) is 4.79 Å². The van der Waals surface area contributed by atoms with Crippen LogP contribution in [0.1, 0.15) is 22.3 Å². The number of halogens is 1. The predicted octanol–water partition coefficient (Wildman–Crippen LogP) is 1.76. The van der Waals surface area contributed by atoms with Gasteiger partial charge in [-0.25, -0.2) is 0 Å². The molecule has 0 saturated carbocycles. The van der Waals surface area contributed by atoms with Crippen molar-refractivity contribution < 1.29 is 4.79 Å². The normalized spacial score (nSPS) is 9.38. The molecule has 0 atom stereocenters. The topological polar surface area (TPSA) is 41.1 Å². The fourth-order valence-corrected chi connectivity index (χ4v) is 1.27. The van der Waals surface area contributed by atoms with Gasteiger partial charge in [0, 0.05) is 12.1 Å². The zero-order valence-corrected chi connectivity index (χ0v) is 10.6. The monoisotopic (exact) mass is 242 g/mol. The Hall–Kier alpha value is -1.06. The van der Waals surface area contributed by atoms with E-state index in [1.165, 1.54) is 5.56 Å². The van der Waals surface area contributed by atoms with Crippen LogP contribution in [0.15, 0.2) is 24.3 Å². The van der Waals surface area contributed by atoms with E-state index in [4.69, 9.17) is 0 Å². The highest BCUT2D eigenvalue weighted by molar-refractivity contribution is 5.94. The van der Waals surface area contributed by atoms with Gasteiger partial charge in [0.25, 0.3) is 5.91 Å². The van der Waals surface area contributed by atoms with Crippen molar-refractivity contribution in [1.82, 2.24) is 10.6 Å². The molecule has 1 aromatic carbocycles. The molecule has 1 rings (SSSR count). The molecular weight excluding hydrogens is 224 g/mol. The van der Waals surface area contributed by atoms with Crippen LogP contribution >= 0.6 is 12.4 Å².